The van der Waals surface area contributed by atoms with Gasteiger partial charge in [-0.1, -0.05) is 22.9 Å². The predicted molar refractivity (Wildman–Crippen MR) is 80.7 cm³/mol. The lowest BCUT2D eigenvalue weighted by Gasteiger charge is -2.29. The van der Waals surface area contributed by atoms with E-state index in [0.29, 0.717) is 12.8 Å². The Balaban J connectivity index is 2.15. The average molecular weight is 340 g/mol. The van der Waals surface area contributed by atoms with E-state index >= 15 is 0 Å². The number of ether oxygens (including phenoxy) is 1. The first-order chi connectivity index (χ1) is 9.51. The molecule has 0 saturated heterocycles. The molecule has 1 aliphatic rings. The van der Waals surface area contributed by atoms with Crippen LogP contribution in [-0.2, 0) is 20.7 Å². The predicted octanol–water partition coefficient (Wildman–Crippen LogP) is 3.07. The molecule has 20 heavy (non-hydrogen) atoms. The van der Waals surface area contributed by atoms with Crippen LogP contribution in [0.5, 0.6) is 0 Å². The highest BCUT2D eigenvalue weighted by Crippen LogP contribution is 2.30. The Bertz CT molecular complexity index is 530. The van der Waals surface area contributed by atoms with Crippen LogP contribution >= 0.6 is 15.9 Å². The summed E-state index contributed by atoms with van der Waals surface area (Å²) in [5.41, 5.74) is 1.89. The normalized spacial score (nSPS) is 15.8. The number of hydrogen-bond acceptors (Lipinski definition) is 3. The maximum absolute atomic E-state index is 12.0. The summed E-state index contributed by atoms with van der Waals surface area (Å²) in [4.78, 5) is 25.4. The number of aryl methyl sites for hydroxylation is 1. The van der Waals surface area contributed by atoms with Crippen LogP contribution in [0.3, 0.4) is 0 Å². The summed E-state index contributed by atoms with van der Waals surface area (Å²) in [5, 5.41) is 0. The molecular weight excluding hydrogens is 322 g/mol. The van der Waals surface area contributed by atoms with E-state index in [2.05, 4.69) is 15.9 Å². The van der Waals surface area contributed by atoms with Crippen molar-refractivity contribution in [3.63, 3.8) is 0 Å². The standard InChI is InChI=1S/C15H18BrNO3/c1-3-10(2)20-15(19)9-17-13-6-5-12(16)8-11(13)4-7-14(17)18/h5-6,8,10H,3-4,7,9H2,1-2H3. The first-order valence-corrected chi connectivity index (χ1v) is 7.58. The van der Waals surface area contributed by atoms with Crippen LogP contribution in [0.15, 0.2) is 22.7 Å². The number of rotatable bonds is 4. The van der Waals surface area contributed by atoms with Crippen LogP contribution < -0.4 is 4.90 Å². The minimum absolute atomic E-state index is 0.0161. The van der Waals surface area contributed by atoms with Gasteiger partial charge in [0.25, 0.3) is 0 Å². The highest BCUT2D eigenvalue weighted by molar-refractivity contribution is 9.10. The Morgan fingerprint density at radius 2 is 2.20 bits per heavy atom. The van der Waals surface area contributed by atoms with Crippen molar-refractivity contribution in [3.8, 4) is 0 Å². The Morgan fingerprint density at radius 3 is 2.90 bits per heavy atom. The first kappa shape index (κ1) is 15.0. The van der Waals surface area contributed by atoms with Crippen LogP contribution in [0.4, 0.5) is 5.69 Å². The molecule has 1 atom stereocenters. The van der Waals surface area contributed by atoms with Gasteiger partial charge in [-0.2, -0.15) is 0 Å². The third-order valence-electron chi connectivity index (χ3n) is 3.44. The van der Waals surface area contributed by atoms with Crippen LogP contribution in [0.2, 0.25) is 0 Å². The number of carbonyl (C=O) groups excluding carboxylic acids is 2. The molecule has 0 aliphatic carbocycles. The minimum atomic E-state index is -0.358. The fraction of sp³-hybridized carbons (Fsp3) is 0.467. The molecule has 1 aromatic carbocycles. The number of carbonyl (C=O) groups is 2. The van der Waals surface area contributed by atoms with Gasteiger partial charge in [-0.05, 0) is 43.5 Å². The summed E-state index contributed by atoms with van der Waals surface area (Å²) in [6, 6.07) is 5.74. The molecule has 0 saturated carbocycles. The number of halogens is 1. The maximum Gasteiger partial charge on any atom is 0.326 e. The third kappa shape index (κ3) is 3.39. The van der Waals surface area contributed by atoms with Crippen molar-refractivity contribution in [2.45, 2.75) is 39.2 Å². The monoisotopic (exact) mass is 339 g/mol. The lowest BCUT2D eigenvalue weighted by Crippen LogP contribution is -2.40. The number of fused-ring (bicyclic) bond motifs is 1. The highest BCUT2D eigenvalue weighted by atomic mass is 79.9. The van der Waals surface area contributed by atoms with Crippen LogP contribution in [0.1, 0.15) is 32.3 Å². The number of esters is 1. The number of anilines is 1. The van der Waals surface area contributed by atoms with E-state index < -0.39 is 0 Å². The zero-order valence-corrected chi connectivity index (χ0v) is 13.3. The lowest BCUT2D eigenvalue weighted by molar-refractivity contribution is -0.147. The summed E-state index contributed by atoms with van der Waals surface area (Å²) in [7, 11) is 0. The molecule has 1 heterocycles. The Morgan fingerprint density at radius 1 is 1.45 bits per heavy atom. The fourth-order valence-corrected chi connectivity index (χ4v) is 2.58. The number of nitrogens with zero attached hydrogens (tertiary/aromatic N) is 1. The van der Waals surface area contributed by atoms with Crippen molar-refractivity contribution < 1.29 is 14.3 Å². The van der Waals surface area contributed by atoms with E-state index in [9.17, 15) is 9.59 Å². The Hall–Kier alpha value is -1.36. The molecule has 1 unspecified atom stereocenters. The minimum Gasteiger partial charge on any atom is -0.461 e. The number of hydrogen-bond donors (Lipinski definition) is 0. The van der Waals surface area contributed by atoms with E-state index in [4.69, 9.17) is 4.74 Å². The molecule has 108 valence electrons. The maximum atomic E-state index is 12.0. The van der Waals surface area contributed by atoms with Crippen LogP contribution in [0, 0.1) is 0 Å². The molecule has 1 amide bonds. The molecule has 1 aliphatic heterocycles. The van der Waals surface area contributed by atoms with Gasteiger partial charge in [0, 0.05) is 16.6 Å². The smallest absolute Gasteiger partial charge is 0.326 e. The van der Waals surface area contributed by atoms with E-state index in [1.165, 1.54) is 4.90 Å². The van der Waals surface area contributed by atoms with Gasteiger partial charge >= 0.3 is 5.97 Å². The molecule has 2 rings (SSSR count). The summed E-state index contributed by atoms with van der Waals surface area (Å²) >= 11 is 3.42. The molecule has 0 aromatic heterocycles. The van der Waals surface area contributed by atoms with Crippen LogP contribution in [0.25, 0.3) is 0 Å². The summed E-state index contributed by atoms with van der Waals surface area (Å²) in [6.45, 7) is 3.79. The van der Waals surface area contributed by atoms with Gasteiger partial charge in [0.1, 0.15) is 6.54 Å². The zero-order valence-electron chi connectivity index (χ0n) is 11.7. The molecule has 0 N–H and O–H groups in total. The van der Waals surface area contributed by atoms with Gasteiger partial charge in [0.15, 0.2) is 0 Å². The van der Waals surface area contributed by atoms with Gasteiger partial charge in [0.05, 0.1) is 6.10 Å². The molecule has 4 nitrogen and oxygen atoms in total. The third-order valence-corrected chi connectivity index (χ3v) is 3.93. The first-order valence-electron chi connectivity index (χ1n) is 6.79. The van der Waals surface area contributed by atoms with E-state index in [0.717, 1.165) is 22.1 Å². The van der Waals surface area contributed by atoms with E-state index in [1.807, 2.05) is 32.0 Å². The highest BCUT2D eigenvalue weighted by Gasteiger charge is 2.26. The number of benzene rings is 1. The molecule has 0 spiro atoms. The summed E-state index contributed by atoms with van der Waals surface area (Å²) < 4.78 is 6.23. The van der Waals surface area contributed by atoms with Gasteiger partial charge in [-0.15, -0.1) is 0 Å². The summed E-state index contributed by atoms with van der Waals surface area (Å²) in [5.74, 6) is -0.385. The van der Waals surface area contributed by atoms with E-state index in [1.54, 1.807) is 0 Å². The second-order valence-electron chi connectivity index (χ2n) is 4.96. The second-order valence-corrected chi connectivity index (χ2v) is 5.88. The number of amides is 1. The Kier molecular flexibility index (Phi) is 4.81. The molecule has 0 fully saturated rings. The van der Waals surface area contributed by atoms with E-state index in [-0.39, 0.29) is 24.5 Å². The average Bonchev–Trinajstić information content (AvgIpc) is 2.41. The molecule has 0 bridgehead atoms. The molecular formula is C15H18BrNO3. The van der Waals surface area contributed by atoms with Gasteiger partial charge in [-0.25, -0.2) is 0 Å². The van der Waals surface area contributed by atoms with Crippen molar-refractivity contribution in [2.24, 2.45) is 0 Å². The second kappa shape index (κ2) is 6.39. The molecule has 1 aromatic rings. The lowest BCUT2D eigenvalue weighted by atomic mass is 10.0. The van der Waals surface area contributed by atoms with Gasteiger partial charge in [0.2, 0.25) is 5.91 Å². The summed E-state index contributed by atoms with van der Waals surface area (Å²) in [6.07, 6.45) is 1.79. The van der Waals surface area contributed by atoms with Crippen molar-refractivity contribution in [2.75, 3.05) is 11.4 Å². The zero-order chi connectivity index (χ0) is 14.7. The van der Waals surface area contributed by atoms with Crippen molar-refractivity contribution >= 4 is 33.5 Å². The molecule has 0 radical (unpaired) electrons. The SMILES string of the molecule is CCC(C)OC(=O)CN1C(=O)CCc2cc(Br)ccc21. The fourth-order valence-electron chi connectivity index (χ4n) is 2.18. The largest absolute Gasteiger partial charge is 0.461 e. The quantitative estimate of drug-likeness (QED) is 0.792. The topological polar surface area (TPSA) is 46.6 Å². The Labute approximate surface area is 127 Å². The van der Waals surface area contributed by atoms with Crippen molar-refractivity contribution in [1.29, 1.82) is 0 Å². The van der Waals surface area contributed by atoms with Crippen molar-refractivity contribution in [3.05, 3.63) is 28.2 Å². The van der Waals surface area contributed by atoms with Crippen molar-refractivity contribution in [1.82, 2.24) is 0 Å². The molecule has 5 heteroatoms. The van der Waals surface area contributed by atoms with Crippen LogP contribution in [-0.4, -0.2) is 24.5 Å². The van der Waals surface area contributed by atoms with Gasteiger partial charge < -0.3 is 9.64 Å². The van der Waals surface area contributed by atoms with Gasteiger partial charge in [-0.3, -0.25) is 9.59 Å².